The SMILES string of the molecule is CCN1CCC2(c3cccc(O)c3)Cc3[nH]c4ccccc4c3CC2C1.Cl. The number of para-hydroxylation sites is 1. The molecule has 27 heavy (non-hydrogen) atoms. The zero-order valence-corrected chi connectivity index (χ0v) is 16.6. The number of nitrogens with one attached hydrogen (secondary N) is 1. The molecule has 1 aliphatic heterocycles. The van der Waals surface area contributed by atoms with Crippen LogP contribution >= 0.6 is 12.4 Å². The van der Waals surface area contributed by atoms with Gasteiger partial charge in [0.05, 0.1) is 0 Å². The Morgan fingerprint density at radius 1 is 1.19 bits per heavy atom. The first kappa shape index (κ1) is 18.4. The third kappa shape index (κ3) is 2.84. The molecular formula is C23H27ClN2O. The molecule has 3 nitrogen and oxygen atoms in total. The van der Waals surface area contributed by atoms with E-state index in [9.17, 15) is 5.11 Å². The summed E-state index contributed by atoms with van der Waals surface area (Å²) in [5, 5.41) is 11.5. The van der Waals surface area contributed by atoms with E-state index in [4.69, 9.17) is 0 Å². The molecule has 2 heterocycles. The maximum Gasteiger partial charge on any atom is 0.115 e. The van der Waals surface area contributed by atoms with Crippen LogP contribution in [0.1, 0.15) is 30.2 Å². The third-order valence-corrected chi connectivity index (χ3v) is 6.85. The molecule has 1 fully saturated rings. The van der Waals surface area contributed by atoms with E-state index in [0.717, 1.165) is 38.9 Å². The van der Waals surface area contributed by atoms with Crippen LogP contribution in [0, 0.1) is 5.92 Å². The molecule has 2 aliphatic rings. The van der Waals surface area contributed by atoms with Crippen LogP contribution in [0.2, 0.25) is 0 Å². The number of phenols is 1. The summed E-state index contributed by atoms with van der Waals surface area (Å²) in [7, 11) is 0. The van der Waals surface area contributed by atoms with Crippen LogP contribution in [0.25, 0.3) is 10.9 Å². The van der Waals surface area contributed by atoms with E-state index in [0.29, 0.717) is 11.7 Å². The minimum absolute atomic E-state index is 0. The summed E-state index contributed by atoms with van der Waals surface area (Å²) in [4.78, 5) is 6.30. The van der Waals surface area contributed by atoms with Gasteiger partial charge in [-0.15, -0.1) is 12.4 Å². The molecular weight excluding hydrogens is 356 g/mol. The molecule has 0 spiro atoms. The van der Waals surface area contributed by atoms with Gasteiger partial charge in [0.15, 0.2) is 0 Å². The van der Waals surface area contributed by atoms with Gasteiger partial charge < -0.3 is 15.0 Å². The van der Waals surface area contributed by atoms with Gasteiger partial charge in [-0.3, -0.25) is 0 Å². The zero-order valence-electron chi connectivity index (χ0n) is 15.7. The van der Waals surface area contributed by atoms with Crippen molar-refractivity contribution >= 4 is 23.3 Å². The van der Waals surface area contributed by atoms with Gasteiger partial charge in [-0.1, -0.05) is 37.3 Å². The summed E-state index contributed by atoms with van der Waals surface area (Å²) in [6.07, 6.45) is 3.32. The molecule has 1 aromatic heterocycles. The van der Waals surface area contributed by atoms with Gasteiger partial charge in [0.1, 0.15) is 5.75 Å². The number of aromatic nitrogens is 1. The number of likely N-dealkylation sites (tertiary alicyclic amines) is 1. The number of phenolic OH excluding ortho intramolecular Hbond substituents is 1. The Labute approximate surface area is 166 Å². The Hall–Kier alpha value is -1.97. The number of aromatic amines is 1. The first-order valence-electron chi connectivity index (χ1n) is 9.80. The number of benzene rings is 2. The van der Waals surface area contributed by atoms with Gasteiger partial charge in [-0.05, 0) is 67.6 Å². The summed E-state index contributed by atoms with van der Waals surface area (Å²) >= 11 is 0. The fraction of sp³-hybridized carbons (Fsp3) is 0.391. The van der Waals surface area contributed by atoms with Crippen molar-refractivity contribution in [2.75, 3.05) is 19.6 Å². The van der Waals surface area contributed by atoms with Crippen molar-refractivity contribution in [1.82, 2.24) is 9.88 Å². The number of H-pyrrole nitrogens is 1. The van der Waals surface area contributed by atoms with Crippen LogP contribution < -0.4 is 0 Å². The largest absolute Gasteiger partial charge is 0.508 e. The van der Waals surface area contributed by atoms with Crippen LogP contribution in [-0.4, -0.2) is 34.6 Å². The van der Waals surface area contributed by atoms with E-state index < -0.39 is 0 Å². The number of piperidine rings is 1. The molecule has 0 radical (unpaired) electrons. The number of fused-ring (bicyclic) bond motifs is 4. The second-order valence-corrected chi connectivity index (χ2v) is 8.06. The lowest BCUT2D eigenvalue weighted by molar-refractivity contribution is 0.0853. The molecule has 2 unspecified atom stereocenters. The van der Waals surface area contributed by atoms with Crippen molar-refractivity contribution in [2.45, 2.75) is 31.6 Å². The number of aromatic hydroxyl groups is 1. The summed E-state index contributed by atoms with van der Waals surface area (Å²) in [5.74, 6) is 0.973. The number of rotatable bonds is 2. The van der Waals surface area contributed by atoms with Gasteiger partial charge in [-0.2, -0.15) is 0 Å². The molecule has 142 valence electrons. The van der Waals surface area contributed by atoms with E-state index in [2.05, 4.69) is 47.1 Å². The fourth-order valence-electron chi connectivity index (χ4n) is 5.42. The van der Waals surface area contributed by atoms with Gasteiger partial charge >= 0.3 is 0 Å². The lowest BCUT2D eigenvalue weighted by Gasteiger charge is -2.51. The molecule has 0 bridgehead atoms. The van der Waals surface area contributed by atoms with Gasteiger partial charge in [0, 0.05) is 28.6 Å². The van der Waals surface area contributed by atoms with Gasteiger partial charge in [-0.25, -0.2) is 0 Å². The number of hydrogen-bond acceptors (Lipinski definition) is 2. The lowest BCUT2D eigenvalue weighted by Crippen LogP contribution is -2.53. The van der Waals surface area contributed by atoms with Crippen LogP contribution in [-0.2, 0) is 18.3 Å². The molecule has 3 aromatic rings. The normalized spacial score (nSPS) is 24.9. The van der Waals surface area contributed by atoms with Crippen LogP contribution in [0.5, 0.6) is 5.75 Å². The monoisotopic (exact) mass is 382 g/mol. The Morgan fingerprint density at radius 2 is 2.04 bits per heavy atom. The number of halogens is 1. The average Bonchev–Trinajstić information content (AvgIpc) is 3.02. The molecule has 2 aromatic carbocycles. The molecule has 0 amide bonds. The van der Waals surface area contributed by atoms with Gasteiger partial charge in [0.25, 0.3) is 0 Å². The number of hydrogen-bond donors (Lipinski definition) is 2. The lowest BCUT2D eigenvalue weighted by atomic mass is 9.59. The summed E-state index contributed by atoms with van der Waals surface area (Å²) in [5.41, 5.74) is 5.60. The van der Waals surface area contributed by atoms with Crippen molar-refractivity contribution in [2.24, 2.45) is 5.92 Å². The smallest absolute Gasteiger partial charge is 0.115 e. The standard InChI is InChI=1S/C23H26N2O.ClH/c1-2-25-11-10-23(16-6-5-7-18(26)12-16)14-22-20(13-17(23)15-25)19-8-3-4-9-21(19)24-22;/h3-9,12,17,24,26H,2,10-11,13-15H2,1H3;1H. The summed E-state index contributed by atoms with van der Waals surface area (Å²) in [6.45, 7) is 5.66. The first-order chi connectivity index (χ1) is 12.7. The maximum atomic E-state index is 10.1. The second-order valence-electron chi connectivity index (χ2n) is 8.06. The summed E-state index contributed by atoms with van der Waals surface area (Å²) in [6, 6.07) is 16.7. The number of nitrogens with zero attached hydrogens (tertiary/aromatic N) is 1. The predicted molar refractivity (Wildman–Crippen MR) is 113 cm³/mol. The van der Waals surface area contributed by atoms with Crippen molar-refractivity contribution in [1.29, 1.82) is 0 Å². The van der Waals surface area contributed by atoms with E-state index in [-0.39, 0.29) is 17.8 Å². The molecule has 0 saturated carbocycles. The quantitative estimate of drug-likeness (QED) is 0.675. The van der Waals surface area contributed by atoms with Crippen molar-refractivity contribution in [3.63, 3.8) is 0 Å². The highest BCUT2D eigenvalue weighted by Crippen LogP contribution is 2.49. The molecule has 2 atom stereocenters. The molecule has 1 aliphatic carbocycles. The Balaban J connectivity index is 0.00000180. The maximum absolute atomic E-state index is 10.1. The second kappa shape index (κ2) is 6.88. The van der Waals surface area contributed by atoms with E-state index >= 15 is 0 Å². The van der Waals surface area contributed by atoms with Crippen LogP contribution in [0.15, 0.2) is 48.5 Å². The van der Waals surface area contributed by atoms with Crippen LogP contribution in [0.4, 0.5) is 0 Å². The molecule has 1 saturated heterocycles. The minimum Gasteiger partial charge on any atom is -0.508 e. The Bertz CT molecular complexity index is 966. The minimum atomic E-state index is 0. The Kier molecular flexibility index (Phi) is 4.69. The first-order valence-corrected chi connectivity index (χ1v) is 9.80. The average molecular weight is 383 g/mol. The van der Waals surface area contributed by atoms with E-state index in [1.165, 1.54) is 27.7 Å². The van der Waals surface area contributed by atoms with Gasteiger partial charge in [0.2, 0.25) is 0 Å². The highest BCUT2D eigenvalue weighted by molar-refractivity contribution is 5.85. The highest BCUT2D eigenvalue weighted by atomic mass is 35.5. The summed E-state index contributed by atoms with van der Waals surface area (Å²) < 4.78 is 0. The molecule has 2 N–H and O–H groups in total. The Morgan fingerprint density at radius 3 is 2.85 bits per heavy atom. The van der Waals surface area contributed by atoms with Crippen molar-refractivity contribution in [3.8, 4) is 5.75 Å². The highest BCUT2D eigenvalue weighted by Gasteiger charge is 2.47. The van der Waals surface area contributed by atoms with Crippen molar-refractivity contribution < 1.29 is 5.11 Å². The fourth-order valence-corrected chi connectivity index (χ4v) is 5.42. The van der Waals surface area contributed by atoms with E-state index in [1.54, 1.807) is 6.07 Å². The van der Waals surface area contributed by atoms with Crippen LogP contribution in [0.3, 0.4) is 0 Å². The predicted octanol–water partition coefficient (Wildman–Crippen LogP) is 4.67. The third-order valence-electron chi connectivity index (χ3n) is 6.85. The zero-order chi connectivity index (χ0) is 17.7. The van der Waals surface area contributed by atoms with Crippen molar-refractivity contribution in [3.05, 3.63) is 65.4 Å². The van der Waals surface area contributed by atoms with E-state index in [1.807, 2.05) is 12.1 Å². The topological polar surface area (TPSA) is 39.3 Å². The molecule has 5 rings (SSSR count). The molecule has 4 heteroatoms.